The number of nitrogens with one attached hydrogen (secondary N) is 2. The molecule has 4 aromatic rings. The third kappa shape index (κ3) is 14.1. The van der Waals surface area contributed by atoms with E-state index in [2.05, 4.69) is 60.2 Å². The van der Waals surface area contributed by atoms with E-state index in [0.717, 1.165) is 30.2 Å². The number of carbonyl (C=O) groups excluding carboxylic acids is 2. The summed E-state index contributed by atoms with van der Waals surface area (Å²) in [5.74, 6) is 1.95. The number of benzene rings is 2. The zero-order chi connectivity index (χ0) is 43.8. The predicted octanol–water partition coefficient (Wildman–Crippen LogP) is 7.81. The van der Waals surface area contributed by atoms with Crippen LogP contribution in [0.3, 0.4) is 0 Å². The average Bonchev–Trinajstić information content (AvgIpc) is 3.21. The number of nitrogens with zero attached hydrogens (tertiary/aromatic N) is 3. The van der Waals surface area contributed by atoms with Crippen molar-refractivity contribution in [3.05, 3.63) is 102 Å². The minimum absolute atomic E-state index is 0.0621. The Bertz CT molecular complexity index is 2150. The summed E-state index contributed by atoms with van der Waals surface area (Å²) in [5, 5.41) is 15.1. The van der Waals surface area contributed by atoms with E-state index in [1.807, 2.05) is 13.8 Å². The Kier molecular flexibility index (Phi) is 17.3. The molecule has 2 amide bonds. The summed E-state index contributed by atoms with van der Waals surface area (Å²) in [6.07, 6.45) is -2.19. The molecule has 0 unspecified atom stereocenters. The number of alkyl halides is 6. The number of rotatable bonds is 12. The number of carbonyl (C=O) groups is 2. The summed E-state index contributed by atoms with van der Waals surface area (Å²) < 4.78 is 92.8. The maximum atomic E-state index is 12.4. The quantitative estimate of drug-likeness (QED) is 0.0732. The van der Waals surface area contributed by atoms with Crippen molar-refractivity contribution in [3.63, 3.8) is 0 Å². The largest absolute Gasteiger partial charge is 0.574 e. The summed E-state index contributed by atoms with van der Waals surface area (Å²) in [4.78, 5) is 35.4. The van der Waals surface area contributed by atoms with Gasteiger partial charge in [0.15, 0.2) is 5.82 Å². The van der Waals surface area contributed by atoms with Gasteiger partial charge in [0.05, 0.1) is 25.5 Å². The lowest BCUT2D eigenvalue weighted by Gasteiger charge is -2.20. The molecule has 0 radical (unpaired) electrons. The molecule has 0 fully saturated rings. The number of ether oxygens (including phenoxy) is 4. The van der Waals surface area contributed by atoms with Crippen LogP contribution in [-0.2, 0) is 35.7 Å². The predicted molar refractivity (Wildman–Crippen MR) is 204 cm³/mol. The van der Waals surface area contributed by atoms with Gasteiger partial charge in [0, 0.05) is 53.5 Å². The monoisotopic (exact) mass is 829 g/mol. The number of halogens is 6. The fourth-order valence-corrected chi connectivity index (χ4v) is 5.35. The Hall–Kier alpha value is -6.61. The fourth-order valence-electron chi connectivity index (χ4n) is 5.35. The van der Waals surface area contributed by atoms with Crippen molar-refractivity contribution in [3.8, 4) is 57.7 Å². The maximum Gasteiger partial charge on any atom is 0.574 e. The molecule has 1 aliphatic heterocycles. The lowest BCUT2D eigenvalue weighted by atomic mass is 9.94. The van der Waals surface area contributed by atoms with Crippen LogP contribution in [-0.4, -0.2) is 51.2 Å². The second-order valence-electron chi connectivity index (χ2n) is 11.7. The molecule has 0 saturated heterocycles. The van der Waals surface area contributed by atoms with E-state index >= 15 is 0 Å². The molecule has 0 bridgehead atoms. The first-order valence-electron chi connectivity index (χ1n) is 17.8. The summed E-state index contributed by atoms with van der Waals surface area (Å²) >= 11 is 0. The molecule has 0 saturated carbocycles. The summed E-state index contributed by atoms with van der Waals surface area (Å²) in [5.41, 5.74) is 4.55. The molecule has 5 rings (SSSR count). The van der Waals surface area contributed by atoms with E-state index < -0.39 is 24.5 Å². The van der Waals surface area contributed by atoms with Gasteiger partial charge in [-0.25, -0.2) is 9.97 Å². The number of fused-ring (bicyclic) bond motifs is 1. The molecule has 2 aromatic carbocycles. The van der Waals surface area contributed by atoms with Gasteiger partial charge in [-0.15, -0.1) is 26.3 Å². The molecule has 59 heavy (non-hydrogen) atoms. The van der Waals surface area contributed by atoms with Crippen LogP contribution in [0, 0.1) is 19.0 Å². The number of amides is 2. The zero-order valence-electron chi connectivity index (χ0n) is 32.4. The Labute approximate surface area is 336 Å². The van der Waals surface area contributed by atoms with Crippen molar-refractivity contribution in [2.75, 3.05) is 6.61 Å². The van der Waals surface area contributed by atoms with Crippen molar-refractivity contribution < 1.29 is 60.0 Å². The lowest BCUT2D eigenvalue weighted by Crippen LogP contribution is -2.23. The van der Waals surface area contributed by atoms with Crippen LogP contribution in [0.5, 0.6) is 23.3 Å². The number of aliphatic hydroxyl groups is 1. The van der Waals surface area contributed by atoms with Crippen LogP contribution >= 0.6 is 0 Å². The Morgan fingerprint density at radius 2 is 1.56 bits per heavy atom. The smallest absolute Gasteiger partial charge is 0.477 e. The van der Waals surface area contributed by atoms with Gasteiger partial charge in [0.2, 0.25) is 23.6 Å². The molecule has 3 heterocycles. The van der Waals surface area contributed by atoms with Gasteiger partial charge >= 0.3 is 12.7 Å². The molecule has 314 valence electrons. The van der Waals surface area contributed by atoms with E-state index in [-0.39, 0.29) is 31.4 Å². The van der Waals surface area contributed by atoms with Crippen molar-refractivity contribution >= 4 is 11.8 Å². The highest BCUT2D eigenvalue weighted by Gasteiger charge is 2.32. The van der Waals surface area contributed by atoms with Gasteiger partial charge in [-0.1, -0.05) is 32.9 Å². The molecule has 12 nitrogen and oxygen atoms in total. The summed E-state index contributed by atoms with van der Waals surface area (Å²) in [6, 6.07) is 9.62. The molecule has 3 N–H and O–H groups in total. The minimum atomic E-state index is -4.84. The van der Waals surface area contributed by atoms with Crippen LogP contribution in [0.1, 0.15) is 55.3 Å². The van der Waals surface area contributed by atoms with E-state index in [0.29, 0.717) is 69.6 Å². The highest BCUT2D eigenvalue weighted by molar-refractivity contribution is 5.87. The normalized spacial score (nSPS) is 11.6. The van der Waals surface area contributed by atoms with Crippen molar-refractivity contribution in [1.29, 1.82) is 0 Å². The molecular weight excluding hydrogens is 788 g/mol. The van der Waals surface area contributed by atoms with Crippen molar-refractivity contribution in [1.82, 2.24) is 25.6 Å². The minimum Gasteiger partial charge on any atom is -0.477 e. The van der Waals surface area contributed by atoms with Gasteiger partial charge in [-0.2, -0.15) is 4.98 Å². The van der Waals surface area contributed by atoms with Crippen molar-refractivity contribution in [2.45, 2.75) is 73.0 Å². The molecule has 2 aromatic heterocycles. The molecule has 1 aliphatic rings. The van der Waals surface area contributed by atoms with Gasteiger partial charge in [-0.05, 0) is 79.4 Å². The second-order valence-corrected chi connectivity index (χ2v) is 11.7. The Morgan fingerprint density at radius 3 is 2.12 bits per heavy atom. The van der Waals surface area contributed by atoms with Gasteiger partial charge in [0.25, 0.3) is 0 Å². The van der Waals surface area contributed by atoms with Gasteiger partial charge < -0.3 is 34.7 Å². The Morgan fingerprint density at radius 1 is 0.932 bits per heavy atom. The molecule has 0 spiro atoms. The first-order chi connectivity index (χ1) is 28.0. The van der Waals surface area contributed by atoms with Crippen LogP contribution in [0.4, 0.5) is 26.3 Å². The first kappa shape index (κ1) is 46.8. The molecule has 0 atom stereocenters. The number of hydrogen-bond acceptors (Lipinski definition) is 10. The highest BCUT2D eigenvalue weighted by atomic mass is 19.4. The zero-order valence-corrected chi connectivity index (χ0v) is 32.4. The second kappa shape index (κ2) is 21.8. The fraction of sp³-hybridized carbons (Fsp3) is 0.293. The number of pyridine rings is 1. The van der Waals surface area contributed by atoms with E-state index in [1.54, 1.807) is 19.9 Å². The molecule has 0 aliphatic carbocycles. The van der Waals surface area contributed by atoms with E-state index in [1.165, 1.54) is 36.5 Å². The topological polar surface area (TPSA) is 154 Å². The van der Waals surface area contributed by atoms with Crippen LogP contribution in [0.2, 0.25) is 0 Å². The van der Waals surface area contributed by atoms with Gasteiger partial charge in [-0.3, -0.25) is 9.59 Å². The SMILES string of the molecule is C=CC(=O)NCc1cc(-c2ccc(OC(F)(F)F)nc2)c(C)c(OC#CC)c1CO.C=CC(=O)NCc1nc2c(c(-c3ccc(OC(F)(F)F)cc3)n1)CCCO2.CC. The van der Waals surface area contributed by atoms with E-state index in [9.17, 15) is 41.0 Å². The standard InChI is InChI=1S/C21H19F3N2O4.C18H16F3N3O3.C2H6/c1-4-8-29-20-13(3)16(9-15(17(20)12-27)11-25-18(28)5-2)14-6-7-19(26-10-14)30-21(22,23)24;1-2-15(25)22-10-14-23-16(13-4-3-9-26-17(13)24-14)11-5-7-12(8-6-11)27-18(19,20)21;1-2/h5-7,9-10,27H,2,11-12H2,1,3H3,(H,25,28);2,5-8H,1,3-4,9-10H2,(H,22,25);1-2H3. The highest BCUT2D eigenvalue weighted by Crippen LogP contribution is 2.37. The van der Waals surface area contributed by atoms with E-state index in [4.69, 9.17) is 9.47 Å². The number of aromatic nitrogens is 3. The lowest BCUT2D eigenvalue weighted by molar-refractivity contribution is -0.276. The maximum absolute atomic E-state index is 12.4. The third-order valence-corrected chi connectivity index (χ3v) is 7.84. The first-order valence-corrected chi connectivity index (χ1v) is 17.8. The van der Waals surface area contributed by atoms with Gasteiger partial charge in [0.1, 0.15) is 17.6 Å². The van der Waals surface area contributed by atoms with Crippen molar-refractivity contribution in [2.24, 2.45) is 0 Å². The van der Waals surface area contributed by atoms with Crippen LogP contribution in [0.15, 0.2) is 74.0 Å². The number of aliphatic hydroxyl groups excluding tert-OH is 1. The summed E-state index contributed by atoms with van der Waals surface area (Å²) in [6.45, 7) is 14.3. The van der Waals surface area contributed by atoms with Crippen LogP contribution in [0.25, 0.3) is 22.4 Å². The average molecular weight is 830 g/mol. The Balaban J connectivity index is 0.000000304. The van der Waals surface area contributed by atoms with Crippen LogP contribution < -0.4 is 29.6 Å². The molecular formula is C41H41F6N5O7. The third-order valence-electron chi connectivity index (χ3n) is 7.84. The summed E-state index contributed by atoms with van der Waals surface area (Å²) in [7, 11) is 0. The molecule has 18 heteroatoms. The number of hydrogen-bond donors (Lipinski definition) is 3.